The van der Waals surface area contributed by atoms with E-state index in [1.54, 1.807) is 30.3 Å². The van der Waals surface area contributed by atoms with Crippen molar-refractivity contribution >= 4 is 33.3 Å². The van der Waals surface area contributed by atoms with E-state index in [4.69, 9.17) is 9.47 Å². The van der Waals surface area contributed by atoms with Gasteiger partial charge < -0.3 is 14.8 Å². The molecule has 0 fully saturated rings. The second kappa shape index (κ2) is 7.51. The van der Waals surface area contributed by atoms with Gasteiger partial charge in [0.1, 0.15) is 11.6 Å². The fourth-order valence-electron chi connectivity index (χ4n) is 2.96. The van der Waals surface area contributed by atoms with Gasteiger partial charge in [0.15, 0.2) is 11.5 Å². The molecular weight excluding hydrogens is 395 g/mol. The number of benzene rings is 2. The molecule has 7 nitrogen and oxygen atoms in total. The summed E-state index contributed by atoms with van der Waals surface area (Å²) in [4.78, 5) is 17.4. The molecule has 9 heteroatoms. The SMILES string of the molecule is COc1cccc(C(=O)Nc2cc(C)nn2-c2nc3ccc(F)cc3s2)c1OC. The van der Waals surface area contributed by atoms with Gasteiger partial charge in [0.2, 0.25) is 5.13 Å². The molecule has 4 aromatic rings. The minimum absolute atomic E-state index is 0.323. The van der Waals surface area contributed by atoms with Gasteiger partial charge in [0, 0.05) is 6.07 Å². The van der Waals surface area contributed by atoms with E-state index < -0.39 is 0 Å². The molecule has 0 saturated carbocycles. The van der Waals surface area contributed by atoms with Crippen molar-refractivity contribution in [2.75, 3.05) is 19.5 Å². The maximum atomic E-state index is 13.5. The van der Waals surface area contributed by atoms with Gasteiger partial charge in [-0.25, -0.2) is 9.37 Å². The summed E-state index contributed by atoms with van der Waals surface area (Å²) >= 11 is 1.28. The third-order valence-corrected chi connectivity index (χ3v) is 5.23. The van der Waals surface area contributed by atoms with Gasteiger partial charge in [-0.3, -0.25) is 4.79 Å². The number of aryl methyl sites for hydroxylation is 1. The van der Waals surface area contributed by atoms with E-state index in [0.29, 0.717) is 43.9 Å². The Hall–Kier alpha value is -3.46. The summed E-state index contributed by atoms with van der Waals surface area (Å²) in [5.41, 5.74) is 1.68. The highest BCUT2D eigenvalue weighted by atomic mass is 32.1. The number of anilines is 1. The van der Waals surface area contributed by atoms with E-state index in [-0.39, 0.29) is 11.7 Å². The number of para-hydroxylation sites is 1. The number of rotatable bonds is 5. The number of fused-ring (bicyclic) bond motifs is 1. The molecule has 1 amide bonds. The number of thiazole rings is 1. The molecule has 0 aliphatic rings. The molecule has 0 radical (unpaired) electrons. The summed E-state index contributed by atoms with van der Waals surface area (Å²) in [6, 6.07) is 11.2. The Morgan fingerprint density at radius 3 is 2.76 bits per heavy atom. The number of hydrogen-bond donors (Lipinski definition) is 1. The minimum Gasteiger partial charge on any atom is -0.493 e. The Morgan fingerprint density at radius 1 is 1.17 bits per heavy atom. The number of nitrogens with one attached hydrogen (secondary N) is 1. The number of halogens is 1. The summed E-state index contributed by atoms with van der Waals surface area (Å²) in [5.74, 6) is 0.526. The van der Waals surface area contributed by atoms with E-state index in [9.17, 15) is 9.18 Å². The highest BCUT2D eigenvalue weighted by Gasteiger charge is 2.20. The van der Waals surface area contributed by atoms with Crippen molar-refractivity contribution in [3.05, 3.63) is 59.5 Å². The summed E-state index contributed by atoms with van der Waals surface area (Å²) in [5, 5.41) is 7.79. The van der Waals surface area contributed by atoms with Crippen LogP contribution in [0.1, 0.15) is 16.1 Å². The fourth-order valence-corrected chi connectivity index (χ4v) is 3.92. The maximum Gasteiger partial charge on any atom is 0.260 e. The van der Waals surface area contributed by atoms with Gasteiger partial charge in [-0.2, -0.15) is 9.78 Å². The average Bonchev–Trinajstić information content (AvgIpc) is 3.29. The molecular formula is C20H17FN4O3S. The van der Waals surface area contributed by atoms with E-state index in [1.807, 2.05) is 6.92 Å². The second-order valence-electron chi connectivity index (χ2n) is 6.19. The maximum absolute atomic E-state index is 13.5. The average molecular weight is 412 g/mol. The fraction of sp³-hybridized carbons (Fsp3) is 0.150. The van der Waals surface area contributed by atoms with Crippen LogP contribution in [0.4, 0.5) is 10.2 Å². The van der Waals surface area contributed by atoms with Crippen LogP contribution in [0, 0.1) is 12.7 Å². The second-order valence-corrected chi connectivity index (χ2v) is 7.20. The summed E-state index contributed by atoms with van der Waals surface area (Å²) < 4.78 is 26.3. The van der Waals surface area contributed by atoms with Gasteiger partial charge in [0.25, 0.3) is 5.91 Å². The van der Waals surface area contributed by atoms with Gasteiger partial charge in [0.05, 0.1) is 35.7 Å². The largest absolute Gasteiger partial charge is 0.493 e. The molecule has 1 N–H and O–H groups in total. The molecule has 0 aliphatic heterocycles. The van der Waals surface area contributed by atoms with Crippen molar-refractivity contribution < 1.29 is 18.7 Å². The van der Waals surface area contributed by atoms with Crippen molar-refractivity contribution in [1.82, 2.24) is 14.8 Å². The van der Waals surface area contributed by atoms with E-state index in [1.165, 1.54) is 42.4 Å². The lowest BCUT2D eigenvalue weighted by molar-refractivity contribution is 0.102. The number of nitrogens with zero attached hydrogens (tertiary/aromatic N) is 3. The van der Waals surface area contributed by atoms with Crippen molar-refractivity contribution in [1.29, 1.82) is 0 Å². The quantitative estimate of drug-likeness (QED) is 0.532. The van der Waals surface area contributed by atoms with Crippen LogP contribution in [-0.2, 0) is 0 Å². The van der Waals surface area contributed by atoms with E-state index in [2.05, 4.69) is 15.4 Å². The number of carbonyl (C=O) groups is 1. The van der Waals surface area contributed by atoms with Crippen LogP contribution in [0.2, 0.25) is 0 Å². The zero-order chi connectivity index (χ0) is 20.5. The third-order valence-electron chi connectivity index (χ3n) is 4.24. The number of hydrogen-bond acceptors (Lipinski definition) is 6. The lowest BCUT2D eigenvalue weighted by Gasteiger charge is -2.12. The molecule has 0 atom stereocenters. The molecule has 0 aliphatic carbocycles. The third kappa shape index (κ3) is 3.52. The van der Waals surface area contributed by atoms with Crippen LogP contribution >= 0.6 is 11.3 Å². The van der Waals surface area contributed by atoms with Crippen molar-refractivity contribution in [3.63, 3.8) is 0 Å². The molecule has 0 saturated heterocycles. The van der Waals surface area contributed by atoms with Crippen LogP contribution in [0.25, 0.3) is 15.3 Å². The molecule has 4 rings (SSSR count). The number of ether oxygens (including phenoxy) is 2. The first kappa shape index (κ1) is 18.9. The summed E-state index contributed by atoms with van der Waals surface area (Å²) in [6.45, 7) is 1.81. The molecule has 0 bridgehead atoms. The molecule has 2 heterocycles. The van der Waals surface area contributed by atoms with E-state index in [0.717, 1.165) is 0 Å². The van der Waals surface area contributed by atoms with Crippen molar-refractivity contribution in [2.24, 2.45) is 0 Å². The van der Waals surface area contributed by atoms with Gasteiger partial charge >= 0.3 is 0 Å². The topological polar surface area (TPSA) is 78.3 Å². The Balaban J connectivity index is 1.71. The molecule has 2 aromatic heterocycles. The lowest BCUT2D eigenvalue weighted by atomic mass is 10.1. The van der Waals surface area contributed by atoms with Crippen molar-refractivity contribution in [3.8, 4) is 16.6 Å². The number of aromatic nitrogens is 3. The standard InChI is InChI=1S/C20H17FN4O3S/c1-11-9-17(23-19(26)13-5-4-6-15(27-2)18(13)28-3)25(24-11)20-22-14-8-7-12(21)10-16(14)29-20/h4-10H,1-3H3,(H,23,26). The highest BCUT2D eigenvalue weighted by Crippen LogP contribution is 2.32. The molecule has 2 aromatic carbocycles. The molecule has 148 valence electrons. The number of amides is 1. The van der Waals surface area contributed by atoms with Crippen LogP contribution in [0.5, 0.6) is 11.5 Å². The molecule has 0 unspecified atom stereocenters. The summed E-state index contributed by atoms with van der Waals surface area (Å²) in [7, 11) is 2.98. The van der Waals surface area contributed by atoms with Gasteiger partial charge in [-0.15, -0.1) is 0 Å². The van der Waals surface area contributed by atoms with Crippen LogP contribution in [0.3, 0.4) is 0 Å². The monoisotopic (exact) mass is 412 g/mol. The van der Waals surface area contributed by atoms with Crippen LogP contribution in [-0.4, -0.2) is 34.9 Å². The predicted molar refractivity (Wildman–Crippen MR) is 109 cm³/mol. The molecule has 0 spiro atoms. The lowest BCUT2D eigenvalue weighted by Crippen LogP contribution is -2.16. The normalized spacial score (nSPS) is 10.9. The minimum atomic E-state index is -0.381. The zero-order valence-corrected chi connectivity index (χ0v) is 16.7. The zero-order valence-electron chi connectivity index (χ0n) is 15.9. The first-order valence-electron chi connectivity index (χ1n) is 8.65. The first-order valence-corrected chi connectivity index (χ1v) is 9.47. The number of methoxy groups -OCH3 is 2. The van der Waals surface area contributed by atoms with E-state index >= 15 is 0 Å². The smallest absolute Gasteiger partial charge is 0.260 e. The van der Waals surface area contributed by atoms with Gasteiger partial charge in [-0.05, 0) is 37.3 Å². The predicted octanol–water partition coefficient (Wildman–Crippen LogP) is 4.20. The van der Waals surface area contributed by atoms with Crippen LogP contribution in [0.15, 0.2) is 42.5 Å². The Labute approximate surface area is 169 Å². The first-order chi connectivity index (χ1) is 14.0. The Morgan fingerprint density at radius 2 is 2.00 bits per heavy atom. The summed E-state index contributed by atoms with van der Waals surface area (Å²) in [6.07, 6.45) is 0. The highest BCUT2D eigenvalue weighted by molar-refractivity contribution is 7.20. The van der Waals surface area contributed by atoms with Gasteiger partial charge in [-0.1, -0.05) is 17.4 Å². The number of carbonyl (C=O) groups excluding carboxylic acids is 1. The Bertz CT molecular complexity index is 1220. The van der Waals surface area contributed by atoms with Crippen LogP contribution < -0.4 is 14.8 Å². The molecule has 29 heavy (non-hydrogen) atoms. The Kier molecular flexibility index (Phi) is 4.89. The van der Waals surface area contributed by atoms with Crippen molar-refractivity contribution in [2.45, 2.75) is 6.92 Å².